The number of amides is 1. The van der Waals surface area contributed by atoms with Crippen LogP contribution < -0.4 is 5.32 Å². The third-order valence-electron chi connectivity index (χ3n) is 1.97. The smallest absolute Gasteiger partial charge is 0.255 e. The number of hydrogen-bond donors (Lipinski definition) is 2. The van der Waals surface area contributed by atoms with Gasteiger partial charge >= 0.3 is 0 Å². The van der Waals surface area contributed by atoms with Crippen molar-refractivity contribution in [3.8, 4) is 0 Å². The summed E-state index contributed by atoms with van der Waals surface area (Å²) in [6, 6.07) is 1.39. The van der Waals surface area contributed by atoms with Crippen molar-refractivity contribution < 1.29 is 9.21 Å². The van der Waals surface area contributed by atoms with Gasteiger partial charge in [-0.1, -0.05) is 0 Å². The van der Waals surface area contributed by atoms with E-state index in [0.29, 0.717) is 11.4 Å². The Morgan fingerprint density at radius 2 is 2.53 bits per heavy atom. The lowest BCUT2D eigenvalue weighted by Gasteiger charge is -2.09. The molecule has 0 radical (unpaired) electrons. The van der Waals surface area contributed by atoms with Gasteiger partial charge in [-0.25, -0.2) is 4.98 Å². The highest BCUT2D eigenvalue weighted by Gasteiger charge is 2.13. The van der Waals surface area contributed by atoms with Crippen LogP contribution in [0.4, 0.5) is 0 Å². The van der Waals surface area contributed by atoms with Crippen LogP contribution in [0.1, 0.15) is 29.1 Å². The molecular weight excluding hydrogens is 196 g/mol. The number of carbonyl (C=O) groups excluding carboxylic acids is 1. The molecule has 0 saturated heterocycles. The fourth-order valence-electron chi connectivity index (χ4n) is 1.17. The number of nitrogens with one attached hydrogen (secondary N) is 2. The molecule has 2 heterocycles. The van der Waals surface area contributed by atoms with Crippen LogP contribution >= 0.6 is 0 Å². The van der Waals surface area contributed by atoms with E-state index in [-0.39, 0.29) is 11.9 Å². The molecule has 6 nitrogen and oxygen atoms in total. The van der Waals surface area contributed by atoms with Crippen LogP contribution in [0.3, 0.4) is 0 Å². The van der Waals surface area contributed by atoms with Crippen molar-refractivity contribution in [1.82, 2.24) is 20.5 Å². The number of H-pyrrole nitrogens is 1. The summed E-state index contributed by atoms with van der Waals surface area (Å²) in [5.41, 5.74) is 0.487. The molecule has 2 aromatic rings. The largest absolute Gasteiger partial charge is 0.472 e. The Bertz CT molecular complexity index is 421. The van der Waals surface area contributed by atoms with Crippen LogP contribution in [-0.2, 0) is 0 Å². The molecule has 0 saturated carbocycles. The van der Waals surface area contributed by atoms with Crippen LogP contribution in [0.15, 0.2) is 29.3 Å². The second kappa shape index (κ2) is 3.95. The molecular formula is C9H10N4O2. The van der Waals surface area contributed by atoms with Gasteiger partial charge in [0.1, 0.15) is 18.4 Å². The van der Waals surface area contributed by atoms with E-state index in [1.54, 1.807) is 6.07 Å². The van der Waals surface area contributed by atoms with E-state index in [1.807, 2.05) is 6.92 Å². The molecule has 0 fully saturated rings. The number of carbonyl (C=O) groups is 1. The molecule has 6 heteroatoms. The topological polar surface area (TPSA) is 83.8 Å². The second-order valence-electron chi connectivity index (χ2n) is 3.08. The first kappa shape index (κ1) is 9.45. The van der Waals surface area contributed by atoms with E-state index in [4.69, 9.17) is 4.42 Å². The maximum absolute atomic E-state index is 11.6. The average molecular weight is 206 g/mol. The lowest BCUT2D eigenvalue weighted by molar-refractivity contribution is 0.0937. The van der Waals surface area contributed by atoms with E-state index in [9.17, 15) is 4.79 Å². The standard InChI is InChI=1S/C9H10N4O2/c1-6(8-10-5-11-13-8)12-9(14)7-2-3-15-4-7/h2-6H,1H3,(H,12,14)(H,10,11,13). The Kier molecular flexibility index (Phi) is 2.49. The Labute approximate surface area is 85.7 Å². The lowest BCUT2D eigenvalue weighted by Crippen LogP contribution is -2.26. The zero-order valence-corrected chi connectivity index (χ0v) is 8.10. The number of nitrogens with zero attached hydrogens (tertiary/aromatic N) is 2. The molecule has 1 unspecified atom stereocenters. The Hall–Kier alpha value is -2.11. The summed E-state index contributed by atoms with van der Waals surface area (Å²) < 4.78 is 4.81. The van der Waals surface area contributed by atoms with Gasteiger partial charge < -0.3 is 9.73 Å². The molecule has 2 rings (SSSR count). The fourth-order valence-corrected chi connectivity index (χ4v) is 1.17. The molecule has 0 aromatic carbocycles. The van der Waals surface area contributed by atoms with Crippen molar-refractivity contribution in [3.63, 3.8) is 0 Å². The molecule has 78 valence electrons. The second-order valence-corrected chi connectivity index (χ2v) is 3.08. The van der Waals surface area contributed by atoms with E-state index in [2.05, 4.69) is 20.5 Å². The van der Waals surface area contributed by atoms with Crippen molar-refractivity contribution in [2.75, 3.05) is 0 Å². The highest BCUT2D eigenvalue weighted by molar-refractivity contribution is 5.93. The molecule has 2 N–H and O–H groups in total. The predicted molar refractivity (Wildman–Crippen MR) is 51.0 cm³/mol. The van der Waals surface area contributed by atoms with Crippen molar-refractivity contribution >= 4 is 5.91 Å². The molecule has 1 atom stereocenters. The van der Waals surface area contributed by atoms with Crippen molar-refractivity contribution in [3.05, 3.63) is 36.3 Å². The highest BCUT2D eigenvalue weighted by atomic mass is 16.3. The number of aromatic amines is 1. The molecule has 2 aromatic heterocycles. The number of furan rings is 1. The summed E-state index contributed by atoms with van der Waals surface area (Å²) in [5.74, 6) is 0.416. The van der Waals surface area contributed by atoms with Crippen LogP contribution in [0.2, 0.25) is 0 Å². The maximum Gasteiger partial charge on any atom is 0.255 e. The van der Waals surface area contributed by atoms with Crippen LogP contribution in [-0.4, -0.2) is 21.1 Å². The van der Waals surface area contributed by atoms with Gasteiger partial charge in [0, 0.05) is 0 Å². The normalized spacial score (nSPS) is 12.3. The minimum atomic E-state index is -0.213. The molecule has 0 aliphatic carbocycles. The van der Waals surface area contributed by atoms with Crippen LogP contribution in [0.25, 0.3) is 0 Å². The summed E-state index contributed by atoms with van der Waals surface area (Å²) >= 11 is 0. The van der Waals surface area contributed by atoms with Gasteiger partial charge in [0.15, 0.2) is 0 Å². The Morgan fingerprint density at radius 1 is 1.67 bits per heavy atom. The highest BCUT2D eigenvalue weighted by Crippen LogP contribution is 2.07. The number of rotatable bonds is 3. The third kappa shape index (κ3) is 2.04. The van der Waals surface area contributed by atoms with Gasteiger partial charge in [-0.2, -0.15) is 5.10 Å². The molecule has 0 spiro atoms. The van der Waals surface area contributed by atoms with Crippen LogP contribution in [0.5, 0.6) is 0 Å². The lowest BCUT2D eigenvalue weighted by atomic mass is 10.2. The summed E-state index contributed by atoms with van der Waals surface area (Å²) in [5, 5.41) is 9.15. The van der Waals surface area contributed by atoms with Crippen molar-refractivity contribution in [2.45, 2.75) is 13.0 Å². The van der Waals surface area contributed by atoms with Crippen LogP contribution in [0, 0.1) is 0 Å². The SMILES string of the molecule is CC(NC(=O)c1ccoc1)c1ncn[nH]1. The van der Waals surface area contributed by atoms with Gasteiger partial charge in [-0.15, -0.1) is 0 Å². The first-order chi connectivity index (χ1) is 7.27. The monoisotopic (exact) mass is 206 g/mol. The zero-order valence-electron chi connectivity index (χ0n) is 8.10. The predicted octanol–water partition coefficient (Wildman–Crippen LogP) is 0.889. The van der Waals surface area contributed by atoms with E-state index in [1.165, 1.54) is 18.9 Å². The number of aromatic nitrogens is 3. The molecule has 1 amide bonds. The minimum Gasteiger partial charge on any atom is -0.472 e. The molecule has 0 bridgehead atoms. The quantitative estimate of drug-likeness (QED) is 0.781. The van der Waals surface area contributed by atoms with Gasteiger partial charge in [0.2, 0.25) is 0 Å². The van der Waals surface area contributed by atoms with Gasteiger partial charge in [-0.3, -0.25) is 9.89 Å². The van der Waals surface area contributed by atoms with E-state index >= 15 is 0 Å². The summed E-state index contributed by atoms with van der Waals surface area (Å²) in [4.78, 5) is 15.5. The maximum atomic E-state index is 11.6. The van der Waals surface area contributed by atoms with Crippen molar-refractivity contribution in [1.29, 1.82) is 0 Å². The number of hydrogen-bond acceptors (Lipinski definition) is 4. The van der Waals surface area contributed by atoms with Gasteiger partial charge in [0.25, 0.3) is 5.91 Å². The van der Waals surface area contributed by atoms with Crippen molar-refractivity contribution in [2.24, 2.45) is 0 Å². The molecule has 0 aliphatic rings. The average Bonchev–Trinajstić information content (AvgIpc) is 2.91. The Morgan fingerprint density at radius 3 is 3.13 bits per heavy atom. The zero-order chi connectivity index (χ0) is 10.7. The third-order valence-corrected chi connectivity index (χ3v) is 1.97. The van der Waals surface area contributed by atoms with Gasteiger partial charge in [0.05, 0.1) is 17.9 Å². The summed E-state index contributed by atoms with van der Waals surface area (Å²) in [6.07, 6.45) is 4.24. The first-order valence-electron chi connectivity index (χ1n) is 4.45. The summed E-state index contributed by atoms with van der Waals surface area (Å²) in [7, 11) is 0. The summed E-state index contributed by atoms with van der Waals surface area (Å²) in [6.45, 7) is 1.82. The first-order valence-corrected chi connectivity index (χ1v) is 4.45. The van der Waals surface area contributed by atoms with E-state index < -0.39 is 0 Å². The minimum absolute atomic E-state index is 0.201. The fraction of sp³-hybridized carbons (Fsp3) is 0.222. The molecule has 15 heavy (non-hydrogen) atoms. The van der Waals surface area contributed by atoms with E-state index in [0.717, 1.165) is 0 Å². The Balaban J connectivity index is 2.01. The molecule has 0 aliphatic heterocycles. The van der Waals surface area contributed by atoms with Gasteiger partial charge in [-0.05, 0) is 13.0 Å².